The van der Waals surface area contributed by atoms with Crippen molar-refractivity contribution >= 4 is 33.2 Å². The van der Waals surface area contributed by atoms with Crippen molar-refractivity contribution in [2.24, 2.45) is 5.92 Å². The molecular formula is C11H15BrN2OS. The van der Waals surface area contributed by atoms with Crippen molar-refractivity contribution in [1.82, 2.24) is 10.3 Å². The molecule has 2 atom stereocenters. The van der Waals surface area contributed by atoms with Crippen LogP contribution in [0.1, 0.15) is 34.6 Å². The number of alkyl halides is 1. The van der Waals surface area contributed by atoms with E-state index in [4.69, 9.17) is 0 Å². The van der Waals surface area contributed by atoms with Crippen LogP contribution in [0.5, 0.6) is 0 Å². The molecule has 1 aliphatic carbocycles. The summed E-state index contributed by atoms with van der Waals surface area (Å²) in [5.74, 6) is 0.601. The molecule has 16 heavy (non-hydrogen) atoms. The molecule has 0 aliphatic heterocycles. The summed E-state index contributed by atoms with van der Waals surface area (Å²) >= 11 is 5.06. The molecule has 88 valence electrons. The van der Waals surface area contributed by atoms with E-state index in [0.717, 1.165) is 17.1 Å². The highest BCUT2D eigenvalue weighted by Crippen LogP contribution is 2.30. The molecule has 0 saturated heterocycles. The molecule has 0 radical (unpaired) electrons. The summed E-state index contributed by atoms with van der Waals surface area (Å²) < 4.78 is 0. The topological polar surface area (TPSA) is 42.0 Å². The highest BCUT2D eigenvalue weighted by Gasteiger charge is 2.25. The van der Waals surface area contributed by atoms with Gasteiger partial charge in [-0.05, 0) is 25.7 Å². The summed E-state index contributed by atoms with van der Waals surface area (Å²) in [6.45, 7) is 2.64. The molecule has 1 aromatic heterocycles. The van der Waals surface area contributed by atoms with E-state index in [1.54, 1.807) is 5.51 Å². The van der Waals surface area contributed by atoms with Gasteiger partial charge in [0.1, 0.15) is 4.88 Å². The Morgan fingerprint density at radius 3 is 3.06 bits per heavy atom. The standard InChI is InChI=1S/C11H15BrN2OS/c1-7-10(16-6-14-7)11(15)13-5-8-3-2-4-9(8)12/h6,8-9H,2-5H2,1H3,(H,13,15). The minimum Gasteiger partial charge on any atom is -0.351 e. The molecule has 2 unspecified atom stereocenters. The third-order valence-corrected chi connectivity index (χ3v) is 5.18. The fraction of sp³-hybridized carbons (Fsp3) is 0.636. The number of thiazole rings is 1. The lowest BCUT2D eigenvalue weighted by molar-refractivity contribution is 0.0951. The number of rotatable bonds is 3. The number of aromatic nitrogens is 1. The van der Waals surface area contributed by atoms with Crippen molar-refractivity contribution in [1.29, 1.82) is 0 Å². The molecule has 1 saturated carbocycles. The van der Waals surface area contributed by atoms with Crippen molar-refractivity contribution in [3.63, 3.8) is 0 Å². The quantitative estimate of drug-likeness (QED) is 0.872. The van der Waals surface area contributed by atoms with Crippen LogP contribution in [0.4, 0.5) is 0 Å². The predicted octanol–water partition coefficient (Wildman–Crippen LogP) is 2.74. The number of hydrogen-bond acceptors (Lipinski definition) is 3. The molecule has 1 fully saturated rings. The van der Waals surface area contributed by atoms with Gasteiger partial charge in [-0.3, -0.25) is 4.79 Å². The molecule has 1 aliphatic rings. The largest absolute Gasteiger partial charge is 0.351 e. The third-order valence-electron chi connectivity index (χ3n) is 3.04. The Balaban J connectivity index is 1.86. The first-order valence-electron chi connectivity index (χ1n) is 5.51. The van der Waals surface area contributed by atoms with E-state index in [-0.39, 0.29) is 5.91 Å². The molecule has 1 aromatic rings. The van der Waals surface area contributed by atoms with Gasteiger partial charge in [0.2, 0.25) is 0 Å². The lowest BCUT2D eigenvalue weighted by Gasteiger charge is -2.14. The summed E-state index contributed by atoms with van der Waals surface area (Å²) in [6, 6.07) is 0. The summed E-state index contributed by atoms with van der Waals surface area (Å²) in [6.07, 6.45) is 3.69. The van der Waals surface area contributed by atoms with Crippen molar-refractivity contribution in [2.45, 2.75) is 31.0 Å². The number of nitrogens with one attached hydrogen (secondary N) is 1. The Hall–Kier alpha value is -0.420. The molecule has 2 rings (SSSR count). The van der Waals surface area contributed by atoms with Gasteiger partial charge in [-0.2, -0.15) is 0 Å². The number of hydrogen-bond donors (Lipinski definition) is 1. The molecule has 1 heterocycles. The Morgan fingerprint density at radius 2 is 2.50 bits per heavy atom. The van der Waals surface area contributed by atoms with Crippen molar-refractivity contribution < 1.29 is 4.79 Å². The predicted molar refractivity (Wildman–Crippen MR) is 69.2 cm³/mol. The number of carbonyl (C=O) groups is 1. The zero-order chi connectivity index (χ0) is 11.5. The van der Waals surface area contributed by atoms with Gasteiger partial charge in [0, 0.05) is 11.4 Å². The Bertz CT molecular complexity index is 380. The van der Waals surface area contributed by atoms with Gasteiger partial charge in [-0.15, -0.1) is 11.3 Å². The van der Waals surface area contributed by atoms with Crippen LogP contribution in [0.2, 0.25) is 0 Å². The van der Waals surface area contributed by atoms with Crippen LogP contribution in [-0.4, -0.2) is 22.3 Å². The summed E-state index contributed by atoms with van der Waals surface area (Å²) in [4.78, 5) is 17.2. The summed E-state index contributed by atoms with van der Waals surface area (Å²) in [5, 5.41) is 3.00. The highest BCUT2D eigenvalue weighted by atomic mass is 79.9. The minimum atomic E-state index is 0.0200. The zero-order valence-electron chi connectivity index (χ0n) is 9.20. The summed E-state index contributed by atoms with van der Waals surface area (Å²) in [7, 11) is 0. The second-order valence-electron chi connectivity index (χ2n) is 4.18. The molecule has 5 heteroatoms. The van der Waals surface area contributed by atoms with Crippen LogP contribution < -0.4 is 5.32 Å². The number of nitrogens with zero attached hydrogens (tertiary/aromatic N) is 1. The number of halogens is 1. The second kappa shape index (κ2) is 5.27. The molecule has 0 spiro atoms. The third kappa shape index (κ3) is 2.63. The van der Waals surface area contributed by atoms with Gasteiger partial charge in [-0.25, -0.2) is 4.98 Å². The zero-order valence-corrected chi connectivity index (χ0v) is 11.6. The Kier molecular flexibility index (Phi) is 3.97. The van der Waals surface area contributed by atoms with Crippen molar-refractivity contribution in [2.75, 3.05) is 6.54 Å². The van der Waals surface area contributed by atoms with Gasteiger partial charge in [0.05, 0.1) is 11.2 Å². The van der Waals surface area contributed by atoms with Crippen molar-refractivity contribution in [3.05, 3.63) is 16.1 Å². The first-order valence-corrected chi connectivity index (χ1v) is 7.30. The summed E-state index contributed by atoms with van der Waals surface area (Å²) in [5.41, 5.74) is 2.54. The van der Waals surface area contributed by atoms with Crippen LogP contribution in [0, 0.1) is 12.8 Å². The molecule has 3 nitrogen and oxygen atoms in total. The maximum absolute atomic E-state index is 11.8. The van der Waals surface area contributed by atoms with E-state index >= 15 is 0 Å². The Labute approximate surface area is 108 Å². The van der Waals surface area contributed by atoms with Gasteiger partial charge < -0.3 is 5.32 Å². The first kappa shape index (κ1) is 12.0. The monoisotopic (exact) mass is 302 g/mol. The highest BCUT2D eigenvalue weighted by molar-refractivity contribution is 9.09. The van der Waals surface area contributed by atoms with E-state index in [1.807, 2.05) is 6.92 Å². The van der Waals surface area contributed by atoms with Gasteiger partial charge in [0.15, 0.2) is 0 Å². The van der Waals surface area contributed by atoms with E-state index in [0.29, 0.717) is 10.7 Å². The van der Waals surface area contributed by atoms with Gasteiger partial charge >= 0.3 is 0 Å². The fourth-order valence-corrected chi connectivity index (χ4v) is 3.54. The van der Waals surface area contributed by atoms with Crippen LogP contribution in [-0.2, 0) is 0 Å². The van der Waals surface area contributed by atoms with Gasteiger partial charge in [-0.1, -0.05) is 22.4 Å². The average Bonchev–Trinajstić information content (AvgIpc) is 2.84. The maximum atomic E-state index is 11.8. The van der Waals surface area contributed by atoms with E-state index in [2.05, 4.69) is 26.2 Å². The molecular weight excluding hydrogens is 288 g/mol. The minimum absolute atomic E-state index is 0.0200. The van der Waals surface area contributed by atoms with Crippen LogP contribution in [0.3, 0.4) is 0 Å². The lowest BCUT2D eigenvalue weighted by atomic mass is 10.1. The first-order chi connectivity index (χ1) is 7.68. The SMILES string of the molecule is Cc1ncsc1C(=O)NCC1CCCC1Br. The lowest BCUT2D eigenvalue weighted by Crippen LogP contribution is -2.30. The smallest absolute Gasteiger partial charge is 0.263 e. The Morgan fingerprint density at radius 1 is 1.69 bits per heavy atom. The molecule has 1 amide bonds. The van der Waals surface area contributed by atoms with Crippen molar-refractivity contribution in [3.8, 4) is 0 Å². The number of amides is 1. The number of aryl methyl sites for hydroxylation is 1. The van der Waals surface area contributed by atoms with E-state index in [1.165, 1.54) is 30.6 Å². The van der Waals surface area contributed by atoms with E-state index in [9.17, 15) is 4.79 Å². The maximum Gasteiger partial charge on any atom is 0.263 e. The van der Waals surface area contributed by atoms with Crippen LogP contribution in [0.15, 0.2) is 5.51 Å². The van der Waals surface area contributed by atoms with Crippen LogP contribution in [0.25, 0.3) is 0 Å². The van der Waals surface area contributed by atoms with E-state index < -0.39 is 0 Å². The van der Waals surface area contributed by atoms with Gasteiger partial charge in [0.25, 0.3) is 5.91 Å². The molecule has 1 N–H and O–H groups in total. The molecule has 0 aromatic carbocycles. The second-order valence-corrected chi connectivity index (χ2v) is 6.21. The fourth-order valence-electron chi connectivity index (χ4n) is 2.05. The average molecular weight is 303 g/mol. The normalized spacial score (nSPS) is 24.6. The van der Waals surface area contributed by atoms with Crippen LogP contribution >= 0.6 is 27.3 Å². The number of carbonyl (C=O) groups excluding carboxylic acids is 1. The molecule has 0 bridgehead atoms.